The van der Waals surface area contributed by atoms with Crippen molar-refractivity contribution in [2.45, 2.75) is 23.8 Å². The summed E-state index contributed by atoms with van der Waals surface area (Å²) in [6.07, 6.45) is 0.926. The molecule has 11 heteroatoms. The maximum atomic E-state index is 13.0. The van der Waals surface area contributed by atoms with Crippen molar-refractivity contribution in [3.63, 3.8) is 0 Å². The SMILES string of the molecule is O=C(NC[C@@H](c1cccs1)N1CCOCC1)C1CCN(S(=O)(=O)c2cc(Cl)ccc2Cl)CC1. The number of carbonyl (C=O) groups is 1. The second-order valence-electron chi connectivity index (χ2n) is 8.18. The highest BCUT2D eigenvalue weighted by Gasteiger charge is 2.34. The van der Waals surface area contributed by atoms with E-state index in [4.69, 9.17) is 27.9 Å². The molecule has 0 spiro atoms. The molecule has 2 aliphatic heterocycles. The van der Waals surface area contributed by atoms with Crippen molar-refractivity contribution in [3.05, 3.63) is 50.6 Å². The summed E-state index contributed by atoms with van der Waals surface area (Å²) >= 11 is 13.8. The Bertz CT molecular complexity index is 1050. The monoisotopic (exact) mass is 531 g/mol. The number of ether oxygens (including phenoxy) is 1. The first-order valence-corrected chi connectivity index (χ1v) is 14.0. The molecule has 1 atom stereocenters. The second kappa shape index (κ2) is 11.0. The molecule has 3 heterocycles. The number of amides is 1. The highest BCUT2D eigenvalue weighted by molar-refractivity contribution is 7.89. The molecule has 33 heavy (non-hydrogen) atoms. The van der Waals surface area contributed by atoms with E-state index in [9.17, 15) is 13.2 Å². The van der Waals surface area contributed by atoms with Gasteiger partial charge in [0.25, 0.3) is 0 Å². The lowest BCUT2D eigenvalue weighted by Gasteiger charge is -2.35. The molecule has 0 radical (unpaired) electrons. The summed E-state index contributed by atoms with van der Waals surface area (Å²) in [6.45, 7) is 4.11. The van der Waals surface area contributed by atoms with Crippen LogP contribution in [0, 0.1) is 5.92 Å². The van der Waals surface area contributed by atoms with Crippen LogP contribution in [-0.4, -0.2) is 69.5 Å². The molecule has 180 valence electrons. The van der Waals surface area contributed by atoms with E-state index in [-0.39, 0.29) is 40.9 Å². The molecule has 1 amide bonds. The van der Waals surface area contributed by atoms with E-state index in [1.54, 1.807) is 17.4 Å². The maximum Gasteiger partial charge on any atom is 0.244 e. The predicted molar refractivity (Wildman–Crippen MR) is 130 cm³/mol. The minimum Gasteiger partial charge on any atom is -0.379 e. The Kier molecular flexibility index (Phi) is 8.32. The Labute approximate surface area is 208 Å². The quantitative estimate of drug-likeness (QED) is 0.589. The smallest absolute Gasteiger partial charge is 0.244 e. The maximum absolute atomic E-state index is 13.0. The highest BCUT2D eigenvalue weighted by atomic mass is 35.5. The number of halogens is 2. The Morgan fingerprint density at radius 1 is 1.15 bits per heavy atom. The number of hydrogen-bond donors (Lipinski definition) is 1. The van der Waals surface area contributed by atoms with Crippen LogP contribution >= 0.6 is 34.5 Å². The van der Waals surface area contributed by atoms with Gasteiger partial charge in [-0.15, -0.1) is 11.3 Å². The van der Waals surface area contributed by atoms with Crippen LogP contribution in [0.1, 0.15) is 23.8 Å². The third kappa shape index (κ3) is 5.90. The van der Waals surface area contributed by atoms with Crippen molar-refractivity contribution in [2.24, 2.45) is 5.92 Å². The Morgan fingerprint density at radius 3 is 2.55 bits per heavy atom. The highest BCUT2D eigenvalue weighted by Crippen LogP contribution is 2.31. The molecule has 2 fully saturated rings. The standard InChI is InChI=1S/C22H27Cl2N3O4S2/c23-17-3-4-18(24)21(14-17)33(29,30)27-7-5-16(6-8-27)22(28)25-15-19(20-2-1-13-32-20)26-9-11-31-12-10-26/h1-4,13-14,16,19H,5-12,15H2,(H,25,28)/t19-/m0/s1. The van der Waals surface area contributed by atoms with Gasteiger partial charge in [-0.05, 0) is 42.5 Å². The number of benzene rings is 1. The lowest BCUT2D eigenvalue weighted by atomic mass is 9.97. The number of piperidine rings is 1. The molecular weight excluding hydrogens is 505 g/mol. The summed E-state index contributed by atoms with van der Waals surface area (Å²) < 4.78 is 32.9. The summed E-state index contributed by atoms with van der Waals surface area (Å²) in [5.74, 6) is -0.248. The molecule has 0 aliphatic carbocycles. The van der Waals surface area contributed by atoms with E-state index < -0.39 is 10.0 Å². The zero-order valence-electron chi connectivity index (χ0n) is 18.1. The number of morpholine rings is 1. The molecule has 1 aromatic carbocycles. The molecule has 2 aromatic rings. The summed E-state index contributed by atoms with van der Waals surface area (Å²) in [7, 11) is -3.77. The number of carbonyl (C=O) groups excluding carboxylic acids is 1. The van der Waals surface area contributed by atoms with Crippen molar-refractivity contribution in [3.8, 4) is 0 Å². The number of thiophene rings is 1. The van der Waals surface area contributed by atoms with Crippen molar-refractivity contribution in [1.29, 1.82) is 0 Å². The van der Waals surface area contributed by atoms with E-state index >= 15 is 0 Å². The lowest BCUT2D eigenvalue weighted by molar-refractivity contribution is -0.126. The van der Waals surface area contributed by atoms with Crippen LogP contribution in [-0.2, 0) is 19.6 Å². The van der Waals surface area contributed by atoms with Gasteiger partial charge in [0.2, 0.25) is 15.9 Å². The van der Waals surface area contributed by atoms with E-state index in [2.05, 4.69) is 16.3 Å². The number of hydrogen-bond acceptors (Lipinski definition) is 6. The van der Waals surface area contributed by atoms with Crippen molar-refractivity contribution >= 4 is 50.5 Å². The van der Waals surface area contributed by atoms with Gasteiger partial charge < -0.3 is 10.1 Å². The van der Waals surface area contributed by atoms with Crippen LogP contribution in [0.5, 0.6) is 0 Å². The van der Waals surface area contributed by atoms with Gasteiger partial charge in [-0.2, -0.15) is 4.31 Å². The summed E-state index contributed by atoms with van der Waals surface area (Å²) in [4.78, 5) is 16.5. The van der Waals surface area contributed by atoms with Gasteiger partial charge in [0.05, 0.1) is 24.3 Å². The Balaban J connectivity index is 1.34. The fourth-order valence-electron chi connectivity index (χ4n) is 4.29. The van der Waals surface area contributed by atoms with Crippen LogP contribution in [0.2, 0.25) is 10.0 Å². The van der Waals surface area contributed by atoms with E-state index in [0.717, 1.165) is 13.1 Å². The molecule has 7 nitrogen and oxygen atoms in total. The van der Waals surface area contributed by atoms with Crippen LogP contribution in [0.15, 0.2) is 40.6 Å². The molecule has 2 aliphatic rings. The van der Waals surface area contributed by atoms with Crippen LogP contribution < -0.4 is 5.32 Å². The largest absolute Gasteiger partial charge is 0.379 e. The van der Waals surface area contributed by atoms with Gasteiger partial charge in [-0.3, -0.25) is 9.69 Å². The third-order valence-electron chi connectivity index (χ3n) is 6.16. The molecule has 0 unspecified atom stereocenters. The number of rotatable bonds is 7. The third-order valence-corrected chi connectivity index (χ3v) is 9.75. The topological polar surface area (TPSA) is 79.0 Å². The van der Waals surface area contributed by atoms with Gasteiger partial charge in [-0.25, -0.2) is 8.42 Å². The number of nitrogens with one attached hydrogen (secondary N) is 1. The second-order valence-corrected chi connectivity index (χ2v) is 11.9. The lowest BCUT2D eigenvalue weighted by Crippen LogP contribution is -2.46. The molecule has 0 saturated carbocycles. The molecule has 4 rings (SSSR count). The van der Waals surface area contributed by atoms with Crippen molar-refractivity contribution < 1.29 is 17.9 Å². The average molecular weight is 533 g/mol. The molecule has 0 bridgehead atoms. The van der Waals surface area contributed by atoms with Crippen LogP contribution in [0.3, 0.4) is 0 Å². The molecule has 1 aromatic heterocycles. The van der Waals surface area contributed by atoms with E-state index in [0.29, 0.717) is 37.6 Å². The Hall–Kier alpha value is -1.20. The fraction of sp³-hybridized carbons (Fsp3) is 0.500. The molecular formula is C22H27Cl2N3O4S2. The van der Waals surface area contributed by atoms with Gasteiger partial charge in [-0.1, -0.05) is 29.3 Å². The first-order valence-electron chi connectivity index (χ1n) is 10.9. The zero-order chi connectivity index (χ0) is 23.4. The van der Waals surface area contributed by atoms with Crippen molar-refractivity contribution in [1.82, 2.24) is 14.5 Å². The van der Waals surface area contributed by atoms with Gasteiger partial charge >= 0.3 is 0 Å². The summed E-state index contributed by atoms with van der Waals surface area (Å²) in [5, 5.41) is 5.62. The minimum absolute atomic E-state index is 0.00358. The van der Waals surface area contributed by atoms with E-state index in [1.807, 2.05) is 11.4 Å². The van der Waals surface area contributed by atoms with Gasteiger partial charge in [0, 0.05) is 48.5 Å². The first kappa shape index (κ1) is 24.9. The predicted octanol–water partition coefficient (Wildman–Crippen LogP) is 3.65. The Morgan fingerprint density at radius 2 is 1.88 bits per heavy atom. The minimum atomic E-state index is -3.77. The first-order chi connectivity index (χ1) is 15.9. The number of nitrogens with zero attached hydrogens (tertiary/aromatic N) is 2. The molecule has 1 N–H and O–H groups in total. The van der Waals surface area contributed by atoms with Crippen molar-refractivity contribution in [2.75, 3.05) is 45.9 Å². The number of sulfonamides is 1. The summed E-state index contributed by atoms with van der Waals surface area (Å²) in [5.41, 5.74) is 0. The zero-order valence-corrected chi connectivity index (χ0v) is 21.2. The molecule has 2 saturated heterocycles. The fourth-order valence-corrected chi connectivity index (χ4v) is 7.36. The summed E-state index contributed by atoms with van der Waals surface area (Å²) in [6, 6.07) is 8.64. The average Bonchev–Trinajstić information content (AvgIpc) is 3.36. The van der Waals surface area contributed by atoms with Gasteiger partial charge in [0.1, 0.15) is 4.90 Å². The van der Waals surface area contributed by atoms with E-state index in [1.165, 1.54) is 21.3 Å². The van der Waals surface area contributed by atoms with Crippen LogP contribution in [0.4, 0.5) is 0 Å². The van der Waals surface area contributed by atoms with Crippen LogP contribution in [0.25, 0.3) is 0 Å². The van der Waals surface area contributed by atoms with Gasteiger partial charge in [0.15, 0.2) is 0 Å². The normalized spacial score (nSPS) is 19.9.